The topological polar surface area (TPSA) is 127 Å². The van der Waals surface area contributed by atoms with E-state index in [1.54, 1.807) is 11.8 Å². The predicted octanol–water partition coefficient (Wildman–Crippen LogP) is -0.520. The molecule has 6 N–H and O–H groups in total. The molecule has 16 heavy (non-hydrogen) atoms. The van der Waals surface area contributed by atoms with Crippen LogP contribution in [0.3, 0.4) is 0 Å². The van der Waals surface area contributed by atoms with Crippen LogP contribution in [0.15, 0.2) is 0 Å². The maximum atomic E-state index is 10.1. The molecule has 0 aliphatic carbocycles. The highest BCUT2D eigenvalue weighted by atomic mass is 32.2. The minimum absolute atomic E-state index is 0.190. The van der Waals surface area contributed by atoms with Crippen molar-refractivity contribution in [1.29, 1.82) is 0 Å². The van der Waals surface area contributed by atoms with Gasteiger partial charge in [-0.25, -0.2) is 0 Å². The van der Waals surface area contributed by atoms with E-state index in [4.69, 9.17) is 21.7 Å². The zero-order chi connectivity index (χ0) is 13.1. The maximum absolute atomic E-state index is 10.1. The van der Waals surface area contributed by atoms with Crippen molar-refractivity contribution < 1.29 is 19.8 Å². The Bertz CT molecular complexity index is 216. The average molecular weight is 270 g/mol. The molecule has 0 heterocycles. The van der Waals surface area contributed by atoms with Crippen LogP contribution >= 0.6 is 24.4 Å². The maximum Gasteiger partial charge on any atom is 0.321 e. The fraction of sp³-hybridized carbons (Fsp3) is 0.750. The molecule has 0 aromatic carbocycles. The van der Waals surface area contributed by atoms with E-state index in [1.165, 1.54) is 0 Å². The highest BCUT2D eigenvalue weighted by Gasteiger charge is 2.09. The van der Waals surface area contributed by atoms with Gasteiger partial charge in [-0.15, -0.1) is 0 Å². The second kappa shape index (κ2) is 11.1. The van der Waals surface area contributed by atoms with E-state index in [-0.39, 0.29) is 5.75 Å². The Morgan fingerprint density at radius 3 is 1.88 bits per heavy atom. The Labute approximate surface area is 104 Å². The van der Waals surface area contributed by atoms with Crippen LogP contribution in [0.4, 0.5) is 0 Å². The molecular formula is C8H18N2O4S2. The molecule has 0 radical (unpaired) electrons. The lowest BCUT2D eigenvalue weighted by molar-refractivity contribution is -0.139. The number of rotatable bonds is 6. The van der Waals surface area contributed by atoms with Gasteiger partial charge in [0, 0.05) is 5.75 Å². The normalized spacial score (nSPS) is 13.2. The molecule has 0 saturated heterocycles. The highest BCUT2D eigenvalue weighted by Crippen LogP contribution is 1.97. The average Bonchev–Trinajstić information content (AvgIpc) is 2.25. The van der Waals surface area contributed by atoms with Gasteiger partial charge in [0.1, 0.15) is 12.1 Å². The van der Waals surface area contributed by atoms with Crippen LogP contribution in [0.1, 0.15) is 6.42 Å². The third kappa shape index (κ3) is 11.6. The van der Waals surface area contributed by atoms with Gasteiger partial charge in [-0.05, 0) is 18.4 Å². The molecule has 0 amide bonds. The van der Waals surface area contributed by atoms with Crippen LogP contribution in [0.25, 0.3) is 0 Å². The fourth-order valence-corrected chi connectivity index (χ4v) is 1.09. The molecule has 0 aromatic heterocycles. The first-order chi connectivity index (χ1) is 7.36. The van der Waals surface area contributed by atoms with Gasteiger partial charge < -0.3 is 21.7 Å². The van der Waals surface area contributed by atoms with Gasteiger partial charge in [0.15, 0.2) is 0 Å². The van der Waals surface area contributed by atoms with Crippen molar-refractivity contribution in [2.45, 2.75) is 18.5 Å². The van der Waals surface area contributed by atoms with Gasteiger partial charge in [-0.1, -0.05) is 0 Å². The first kappa shape index (κ1) is 17.9. The smallest absolute Gasteiger partial charge is 0.321 e. The van der Waals surface area contributed by atoms with Crippen molar-refractivity contribution in [3.05, 3.63) is 0 Å². The zero-order valence-corrected chi connectivity index (χ0v) is 10.7. The fourth-order valence-electron chi connectivity index (χ4n) is 0.446. The summed E-state index contributed by atoms with van der Waals surface area (Å²) in [5.41, 5.74) is 10.1. The zero-order valence-electron chi connectivity index (χ0n) is 9.00. The summed E-state index contributed by atoms with van der Waals surface area (Å²) >= 11 is 5.25. The largest absolute Gasteiger partial charge is 0.480 e. The number of aliphatic carboxylic acids is 2. The van der Waals surface area contributed by atoms with Crippen molar-refractivity contribution in [2.75, 3.05) is 17.8 Å². The summed E-state index contributed by atoms with van der Waals surface area (Å²) < 4.78 is 0. The minimum Gasteiger partial charge on any atom is -0.480 e. The molecule has 0 fully saturated rings. The molecule has 6 nitrogen and oxygen atoms in total. The van der Waals surface area contributed by atoms with Crippen molar-refractivity contribution in [3.63, 3.8) is 0 Å². The summed E-state index contributed by atoms with van der Waals surface area (Å²) in [6, 6.07) is -1.50. The molecule has 96 valence electrons. The Hall–Kier alpha value is -0.440. The van der Waals surface area contributed by atoms with Gasteiger partial charge in [-0.2, -0.15) is 24.4 Å². The van der Waals surface area contributed by atoms with E-state index in [1.807, 2.05) is 6.26 Å². The van der Waals surface area contributed by atoms with Gasteiger partial charge in [0.2, 0.25) is 0 Å². The monoisotopic (exact) mass is 270 g/mol. The number of carbonyl (C=O) groups is 2. The number of nitrogens with two attached hydrogens (primary N) is 2. The minimum atomic E-state index is -1.00. The second-order valence-corrected chi connectivity index (χ2v) is 4.20. The van der Waals surface area contributed by atoms with Gasteiger partial charge in [0.25, 0.3) is 0 Å². The highest BCUT2D eigenvalue weighted by molar-refractivity contribution is 7.98. The summed E-state index contributed by atoms with van der Waals surface area (Å²) in [6.07, 6.45) is 2.48. The predicted molar refractivity (Wildman–Crippen MR) is 68.1 cm³/mol. The Kier molecular flexibility index (Phi) is 12.4. The number of thioether (sulfide) groups is 1. The van der Waals surface area contributed by atoms with E-state index in [0.29, 0.717) is 6.42 Å². The summed E-state index contributed by atoms with van der Waals surface area (Å²) in [4.78, 5) is 19.8. The Morgan fingerprint density at radius 1 is 1.25 bits per heavy atom. The number of hydrogen-bond acceptors (Lipinski definition) is 6. The standard InChI is InChI=1S/C5H11NO2S.C3H7NO2S/c1-9-3-2-4(6)5(7)8;4-2(1-7)3(5)6/h4H,2-3,6H2,1H3,(H,7,8);2,7H,1,4H2,(H,5,6)/t4-;2-/m00/s1. The van der Waals surface area contributed by atoms with Crippen molar-refractivity contribution >= 4 is 36.3 Å². The number of carboxylic acid groups (broad SMARTS) is 2. The van der Waals surface area contributed by atoms with Crippen molar-refractivity contribution in [1.82, 2.24) is 0 Å². The van der Waals surface area contributed by atoms with Crippen LogP contribution in [0, 0.1) is 0 Å². The lowest BCUT2D eigenvalue weighted by Gasteiger charge is -2.02. The van der Waals surface area contributed by atoms with Gasteiger partial charge in [-0.3, -0.25) is 9.59 Å². The van der Waals surface area contributed by atoms with Gasteiger partial charge in [0.05, 0.1) is 0 Å². The molecule has 0 spiro atoms. The SMILES string of the molecule is CSCC[C@H](N)C(=O)O.N[C@@H](CS)C(=O)O. The molecule has 0 bridgehead atoms. The number of carboxylic acids is 2. The molecule has 0 saturated carbocycles. The third-order valence-electron chi connectivity index (χ3n) is 1.46. The van der Waals surface area contributed by atoms with Crippen LogP contribution < -0.4 is 11.5 Å². The van der Waals surface area contributed by atoms with Gasteiger partial charge >= 0.3 is 11.9 Å². The molecule has 0 aliphatic heterocycles. The molecule has 2 atom stereocenters. The van der Waals surface area contributed by atoms with Crippen molar-refractivity contribution in [2.24, 2.45) is 11.5 Å². The van der Waals surface area contributed by atoms with Crippen LogP contribution in [0.5, 0.6) is 0 Å². The molecule has 0 aromatic rings. The first-order valence-corrected chi connectivity index (χ1v) is 6.46. The first-order valence-electron chi connectivity index (χ1n) is 4.43. The van der Waals surface area contributed by atoms with E-state index < -0.39 is 24.0 Å². The second-order valence-electron chi connectivity index (χ2n) is 2.85. The Balaban J connectivity index is 0. The molecule has 0 unspecified atom stereocenters. The lowest BCUT2D eigenvalue weighted by Crippen LogP contribution is -2.31. The van der Waals surface area contributed by atoms with E-state index in [9.17, 15) is 9.59 Å². The Morgan fingerprint density at radius 2 is 1.69 bits per heavy atom. The summed E-state index contributed by atoms with van der Waals surface area (Å²) in [5.74, 6) is -0.915. The summed E-state index contributed by atoms with van der Waals surface area (Å²) in [6.45, 7) is 0. The van der Waals surface area contributed by atoms with Crippen molar-refractivity contribution in [3.8, 4) is 0 Å². The third-order valence-corrected chi connectivity index (χ3v) is 2.50. The molecular weight excluding hydrogens is 252 g/mol. The summed E-state index contributed by atoms with van der Waals surface area (Å²) in [5, 5.41) is 16.3. The lowest BCUT2D eigenvalue weighted by atomic mass is 10.2. The molecule has 8 heteroatoms. The molecule has 0 rings (SSSR count). The van der Waals surface area contributed by atoms with Crippen LogP contribution in [0.2, 0.25) is 0 Å². The number of hydrogen-bond donors (Lipinski definition) is 5. The number of thiol groups is 1. The van der Waals surface area contributed by atoms with E-state index in [2.05, 4.69) is 12.6 Å². The van der Waals surface area contributed by atoms with E-state index in [0.717, 1.165) is 5.75 Å². The molecule has 0 aliphatic rings. The van der Waals surface area contributed by atoms with E-state index >= 15 is 0 Å². The quantitative estimate of drug-likeness (QED) is 0.411. The summed E-state index contributed by atoms with van der Waals surface area (Å²) in [7, 11) is 0. The van der Waals surface area contributed by atoms with Crippen LogP contribution in [-0.4, -0.2) is 52.0 Å². The van der Waals surface area contributed by atoms with Crippen LogP contribution in [-0.2, 0) is 9.59 Å².